The van der Waals surface area contributed by atoms with Gasteiger partial charge in [-0.15, -0.1) is 0 Å². The molecule has 0 fully saturated rings. The minimum atomic E-state index is 0.0699. The molecule has 1 N–H and O–H groups in total. The molecule has 2 aromatic rings. The van der Waals surface area contributed by atoms with E-state index in [1.165, 1.54) is 0 Å². The van der Waals surface area contributed by atoms with E-state index in [4.69, 9.17) is 0 Å². The van der Waals surface area contributed by atoms with Gasteiger partial charge >= 0.3 is 0 Å². The predicted molar refractivity (Wildman–Crippen MR) is 60.8 cm³/mol. The Kier molecular flexibility index (Phi) is 3.26. The summed E-state index contributed by atoms with van der Waals surface area (Å²) >= 11 is 0. The topological polar surface area (TPSA) is 55.6 Å². The lowest BCUT2D eigenvalue weighted by Crippen LogP contribution is -2.24. The van der Waals surface area contributed by atoms with Crippen LogP contribution in [-0.2, 0) is 7.05 Å². The summed E-state index contributed by atoms with van der Waals surface area (Å²) < 4.78 is 2.01. The predicted octanol–water partition coefficient (Wildman–Crippen LogP) is 0.909. The van der Waals surface area contributed by atoms with E-state index in [0.717, 1.165) is 17.9 Å². The third-order valence-corrected chi connectivity index (χ3v) is 2.47. The smallest absolute Gasteiger partial charge is 0.130 e. The lowest BCUT2D eigenvalue weighted by molar-refractivity contribution is 0.574. The zero-order valence-electron chi connectivity index (χ0n) is 9.46. The zero-order chi connectivity index (χ0) is 11.4. The molecule has 2 heterocycles. The lowest BCUT2D eigenvalue weighted by atomic mass is 10.1. The number of rotatable bonds is 4. The van der Waals surface area contributed by atoms with Gasteiger partial charge in [0.1, 0.15) is 5.82 Å². The van der Waals surface area contributed by atoms with E-state index in [2.05, 4.69) is 27.4 Å². The van der Waals surface area contributed by atoms with Crippen LogP contribution < -0.4 is 5.32 Å². The largest absolute Gasteiger partial charge is 0.336 e. The van der Waals surface area contributed by atoms with Crippen LogP contribution in [0.15, 0.2) is 30.9 Å². The molecule has 0 bridgehead atoms. The van der Waals surface area contributed by atoms with Crippen molar-refractivity contribution in [1.82, 2.24) is 25.1 Å². The fourth-order valence-corrected chi connectivity index (χ4v) is 1.69. The Labute approximate surface area is 94.5 Å². The molecule has 84 valence electrons. The molecule has 0 saturated carbocycles. The number of hydrogen-bond donors (Lipinski definition) is 1. The summed E-state index contributed by atoms with van der Waals surface area (Å²) in [7, 11) is 1.99. The van der Waals surface area contributed by atoms with Crippen LogP contribution in [0.4, 0.5) is 0 Å². The summed E-state index contributed by atoms with van der Waals surface area (Å²) in [5.41, 5.74) is 1.08. The first kappa shape index (κ1) is 10.8. The Morgan fingerprint density at radius 2 is 2.25 bits per heavy atom. The third-order valence-electron chi connectivity index (χ3n) is 2.47. The average molecular weight is 217 g/mol. The Bertz CT molecular complexity index is 437. The van der Waals surface area contributed by atoms with E-state index in [1.807, 2.05) is 23.9 Å². The fraction of sp³-hybridized carbons (Fsp3) is 0.364. The van der Waals surface area contributed by atoms with Crippen molar-refractivity contribution in [3.8, 4) is 0 Å². The summed E-state index contributed by atoms with van der Waals surface area (Å²) in [6.45, 7) is 2.95. The monoisotopic (exact) mass is 217 g/mol. The number of hydrogen-bond acceptors (Lipinski definition) is 4. The Balaban J connectivity index is 2.35. The Morgan fingerprint density at radius 1 is 1.38 bits per heavy atom. The fourth-order valence-electron chi connectivity index (χ4n) is 1.69. The second kappa shape index (κ2) is 4.85. The molecule has 0 aliphatic rings. The molecule has 1 atom stereocenters. The Morgan fingerprint density at radius 3 is 2.81 bits per heavy atom. The van der Waals surface area contributed by atoms with Crippen molar-refractivity contribution in [3.63, 3.8) is 0 Å². The quantitative estimate of drug-likeness (QED) is 0.827. The molecule has 0 aliphatic carbocycles. The number of nitrogens with one attached hydrogen (secondary N) is 1. The van der Waals surface area contributed by atoms with Crippen molar-refractivity contribution in [2.45, 2.75) is 13.0 Å². The van der Waals surface area contributed by atoms with Crippen LogP contribution in [0.3, 0.4) is 0 Å². The molecule has 2 rings (SSSR count). The molecule has 2 aromatic heterocycles. The van der Waals surface area contributed by atoms with E-state index < -0.39 is 0 Å². The highest BCUT2D eigenvalue weighted by Crippen LogP contribution is 2.18. The van der Waals surface area contributed by atoms with Gasteiger partial charge in [0.15, 0.2) is 0 Å². The molecule has 0 amide bonds. The standard InChI is InChI=1S/C11H15N5/c1-3-12-10(9-4-5-14-15-8-9)11-13-6-7-16(11)2/h4-8,10,12H,3H2,1-2H3. The molecule has 0 aliphatic heterocycles. The average Bonchev–Trinajstić information content (AvgIpc) is 2.73. The van der Waals surface area contributed by atoms with Crippen LogP contribution in [0.5, 0.6) is 0 Å². The van der Waals surface area contributed by atoms with E-state index in [1.54, 1.807) is 18.6 Å². The van der Waals surface area contributed by atoms with E-state index in [9.17, 15) is 0 Å². The zero-order valence-corrected chi connectivity index (χ0v) is 9.46. The summed E-state index contributed by atoms with van der Waals surface area (Å²) in [5, 5.41) is 11.1. The van der Waals surface area contributed by atoms with Gasteiger partial charge in [-0.1, -0.05) is 6.92 Å². The highest BCUT2D eigenvalue weighted by atomic mass is 15.1. The van der Waals surface area contributed by atoms with E-state index in [0.29, 0.717) is 0 Å². The van der Waals surface area contributed by atoms with Gasteiger partial charge in [0.25, 0.3) is 0 Å². The first-order valence-electron chi connectivity index (χ1n) is 5.30. The van der Waals surface area contributed by atoms with E-state index >= 15 is 0 Å². The molecule has 16 heavy (non-hydrogen) atoms. The van der Waals surface area contributed by atoms with Crippen molar-refractivity contribution in [2.75, 3.05) is 6.54 Å². The van der Waals surface area contributed by atoms with Crippen molar-refractivity contribution in [3.05, 3.63) is 42.2 Å². The first-order valence-corrected chi connectivity index (χ1v) is 5.30. The van der Waals surface area contributed by atoms with Gasteiger partial charge in [-0.2, -0.15) is 10.2 Å². The maximum Gasteiger partial charge on any atom is 0.130 e. The Hall–Kier alpha value is -1.75. The molecular weight excluding hydrogens is 202 g/mol. The van der Waals surface area contributed by atoms with Gasteiger partial charge in [0.2, 0.25) is 0 Å². The van der Waals surface area contributed by atoms with Crippen LogP contribution in [0, 0.1) is 0 Å². The number of aryl methyl sites for hydroxylation is 1. The second-order valence-corrected chi connectivity index (χ2v) is 3.56. The van der Waals surface area contributed by atoms with Gasteiger partial charge in [-0.3, -0.25) is 0 Å². The highest BCUT2D eigenvalue weighted by Gasteiger charge is 2.16. The third kappa shape index (κ3) is 2.09. The van der Waals surface area contributed by atoms with Gasteiger partial charge in [-0.25, -0.2) is 4.98 Å². The molecule has 5 nitrogen and oxygen atoms in total. The lowest BCUT2D eigenvalue weighted by Gasteiger charge is -2.17. The van der Waals surface area contributed by atoms with Gasteiger partial charge < -0.3 is 9.88 Å². The second-order valence-electron chi connectivity index (χ2n) is 3.56. The number of aromatic nitrogens is 4. The van der Waals surface area contributed by atoms with Crippen LogP contribution in [0.25, 0.3) is 0 Å². The maximum atomic E-state index is 4.36. The summed E-state index contributed by atoms with van der Waals surface area (Å²) in [6.07, 6.45) is 7.20. The van der Waals surface area contributed by atoms with Crippen LogP contribution in [0.1, 0.15) is 24.4 Å². The molecule has 5 heteroatoms. The summed E-state index contributed by atoms with van der Waals surface area (Å²) in [5.74, 6) is 0.981. The summed E-state index contributed by atoms with van der Waals surface area (Å²) in [6, 6.07) is 2.02. The van der Waals surface area contributed by atoms with Crippen LogP contribution in [-0.4, -0.2) is 26.3 Å². The van der Waals surface area contributed by atoms with Crippen LogP contribution >= 0.6 is 0 Å². The van der Waals surface area contributed by atoms with Crippen LogP contribution in [0.2, 0.25) is 0 Å². The minimum absolute atomic E-state index is 0.0699. The van der Waals surface area contributed by atoms with E-state index in [-0.39, 0.29) is 6.04 Å². The number of imidazole rings is 1. The van der Waals surface area contributed by atoms with Gasteiger partial charge in [0.05, 0.1) is 12.2 Å². The first-order chi connectivity index (χ1) is 7.83. The minimum Gasteiger partial charge on any atom is -0.336 e. The molecule has 0 aromatic carbocycles. The van der Waals surface area contributed by atoms with Gasteiger partial charge in [-0.05, 0) is 18.2 Å². The maximum absolute atomic E-state index is 4.36. The molecule has 0 saturated heterocycles. The molecule has 0 radical (unpaired) electrons. The van der Waals surface area contributed by atoms with Crippen molar-refractivity contribution in [1.29, 1.82) is 0 Å². The normalized spacial score (nSPS) is 12.6. The number of nitrogens with zero attached hydrogens (tertiary/aromatic N) is 4. The molecule has 0 spiro atoms. The molecular formula is C11H15N5. The summed E-state index contributed by atoms with van der Waals surface area (Å²) in [4.78, 5) is 4.36. The molecule has 1 unspecified atom stereocenters. The highest BCUT2D eigenvalue weighted by molar-refractivity contribution is 5.20. The van der Waals surface area contributed by atoms with Crippen molar-refractivity contribution >= 4 is 0 Å². The van der Waals surface area contributed by atoms with Gasteiger partial charge in [0, 0.05) is 25.6 Å². The SMILES string of the molecule is CCNC(c1ccnnc1)c1nccn1C. The van der Waals surface area contributed by atoms with Crippen molar-refractivity contribution < 1.29 is 0 Å². The van der Waals surface area contributed by atoms with Crippen molar-refractivity contribution in [2.24, 2.45) is 7.05 Å².